The quantitative estimate of drug-likeness (QED) is 0.804. The zero-order valence-corrected chi connectivity index (χ0v) is 12.2. The largest absolute Gasteiger partial charge is 0.373 e. The minimum absolute atomic E-state index is 0.155. The number of rotatable bonds is 6. The van der Waals surface area contributed by atoms with E-state index in [1.54, 1.807) is 24.0 Å². The van der Waals surface area contributed by atoms with Crippen molar-refractivity contribution in [3.05, 3.63) is 36.3 Å². The van der Waals surface area contributed by atoms with E-state index in [4.69, 9.17) is 0 Å². The van der Waals surface area contributed by atoms with Crippen LogP contribution < -0.4 is 10.0 Å². The molecule has 0 radical (unpaired) electrons. The number of nitrogens with zero attached hydrogens (tertiary/aromatic N) is 3. The van der Waals surface area contributed by atoms with Crippen LogP contribution in [0.25, 0.3) is 0 Å². The van der Waals surface area contributed by atoms with Gasteiger partial charge in [0, 0.05) is 33.0 Å². The van der Waals surface area contributed by atoms with E-state index in [0.717, 1.165) is 5.56 Å². The Hall–Kier alpha value is -1.93. The third kappa shape index (κ3) is 3.55. The summed E-state index contributed by atoms with van der Waals surface area (Å²) in [5, 5.41) is 6.87. The van der Waals surface area contributed by atoms with Gasteiger partial charge in [-0.3, -0.25) is 4.68 Å². The summed E-state index contributed by atoms with van der Waals surface area (Å²) in [6, 6.07) is 3.14. The Balaban J connectivity index is 1.96. The van der Waals surface area contributed by atoms with Crippen molar-refractivity contribution in [2.24, 2.45) is 7.05 Å². The fraction of sp³-hybridized carbons (Fsp3) is 0.333. The maximum absolute atomic E-state index is 12.0. The van der Waals surface area contributed by atoms with Crippen LogP contribution in [0.1, 0.15) is 5.56 Å². The summed E-state index contributed by atoms with van der Waals surface area (Å²) in [7, 11) is 0.0308. The molecule has 0 bridgehead atoms. The summed E-state index contributed by atoms with van der Waals surface area (Å²) >= 11 is 0. The maximum atomic E-state index is 12.0. The molecule has 0 saturated carbocycles. The summed E-state index contributed by atoms with van der Waals surface area (Å²) in [6.07, 6.45) is 5.50. The molecule has 2 heterocycles. The molecule has 0 atom stereocenters. The van der Waals surface area contributed by atoms with Crippen molar-refractivity contribution in [1.29, 1.82) is 0 Å². The average molecular weight is 295 g/mol. The summed E-state index contributed by atoms with van der Waals surface area (Å²) < 4.78 is 28.3. The van der Waals surface area contributed by atoms with Gasteiger partial charge < -0.3 is 5.32 Å². The lowest BCUT2D eigenvalue weighted by atomic mass is 10.3. The van der Waals surface area contributed by atoms with Crippen LogP contribution in [-0.2, 0) is 23.5 Å². The zero-order valence-electron chi connectivity index (χ0n) is 11.4. The lowest BCUT2D eigenvalue weighted by molar-refractivity contribution is 0.581. The molecule has 0 spiro atoms. The van der Waals surface area contributed by atoms with Gasteiger partial charge in [0.1, 0.15) is 10.7 Å². The average Bonchev–Trinajstić information content (AvgIpc) is 2.84. The molecule has 108 valence electrons. The Labute approximate surface area is 118 Å². The molecule has 2 N–H and O–H groups in total. The number of nitrogens with one attached hydrogen (secondary N) is 2. The van der Waals surface area contributed by atoms with E-state index < -0.39 is 10.0 Å². The monoisotopic (exact) mass is 295 g/mol. The second kappa shape index (κ2) is 6.02. The Kier molecular flexibility index (Phi) is 4.35. The van der Waals surface area contributed by atoms with Gasteiger partial charge >= 0.3 is 0 Å². The molecule has 0 amide bonds. The van der Waals surface area contributed by atoms with Crippen LogP contribution in [0.5, 0.6) is 0 Å². The van der Waals surface area contributed by atoms with Gasteiger partial charge in [-0.2, -0.15) is 5.10 Å². The van der Waals surface area contributed by atoms with Gasteiger partial charge in [-0.1, -0.05) is 0 Å². The molecular weight excluding hydrogens is 278 g/mol. The zero-order chi connectivity index (χ0) is 14.6. The molecule has 0 unspecified atom stereocenters. The van der Waals surface area contributed by atoms with Gasteiger partial charge in [-0.15, -0.1) is 0 Å². The normalized spacial score (nSPS) is 11.5. The molecule has 0 aliphatic rings. The summed E-state index contributed by atoms with van der Waals surface area (Å²) in [4.78, 5) is 4.14. The molecule has 20 heavy (non-hydrogen) atoms. The third-order valence-electron chi connectivity index (χ3n) is 2.77. The Morgan fingerprint density at radius 3 is 2.65 bits per heavy atom. The topological polar surface area (TPSA) is 88.9 Å². The highest BCUT2D eigenvalue weighted by atomic mass is 32.2. The van der Waals surface area contributed by atoms with Gasteiger partial charge in [-0.25, -0.2) is 18.1 Å². The minimum Gasteiger partial charge on any atom is -0.373 e. The van der Waals surface area contributed by atoms with Crippen LogP contribution >= 0.6 is 0 Å². The lowest BCUT2D eigenvalue weighted by Gasteiger charge is -2.06. The van der Waals surface area contributed by atoms with Crippen molar-refractivity contribution in [1.82, 2.24) is 19.5 Å². The third-order valence-corrected chi connectivity index (χ3v) is 4.21. The van der Waals surface area contributed by atoms with E-state index in [1.807, 2.05) is 13.2 Å². The molecule has 7 nitrogen and oxygen atoms in total. The molecular formula is C12H17N5O2S. The van der Waals surface area contributed by atoms with Crippen LogP contribution in [-0.4, -0.2) is 36.8 Å². The fourth-order valence-corrected chi connectivity index (χ4v) is 2.68. The first-order valence-electron chi connectivity index (χ1n) is 6.12. The molecule has 2 aromatic rings. The highest BCUT2D eigenvalue weighted by molar-refractivity contribution is 7.89. The first-order chi connectivity index (χ1) is 9.51. The number of aromatic nitrogens is 3. The first kappa shape index (κ1) is 14.5. The minimum atomic E-state index is -3.52. The molecule has 2 rings (SSSR count). The fourth-order valence-electron chi connectivity index (χ4n) is 1.70. The number of sulfonamides is 1. The van der Waals surface area contributed by atoms with E-state index in [0.29, 0.717) is 18.8 Å². The first-order valence-corrected chi connectivity index (χ1v) is 7.60. The number of aryl methyl sites for hydroxylation is 1. The standard InChI is InChI=1S/C12H17N5O2S/c1-13-12-4-3-11(8-14-12)20(18,19)16-6-5-10-7-15-17(2)9-10/h3-4,7-9,16H,5-6H2,1-2H3,(H,13,14). The molecule has 2 aromatic heterocycles. The Morgan fingerprint density at radius 2 is 2.10 bits per heavy atom. The van der Waals surface area contributed by atoms with E-state index in [1.165, 1.54) is 12.3 Å². The highest BCUT2D eigenvalue weighted by Gasteiger charge is 2.13. The van der Waals surface area contributed by atoms with Crippen molar-refractivity contribution in [2.75, 3.05) is 18.9 Å². The molecule has 0 saturated heterocycles. The maximum Gasteiger partial charge on any atom is 0.242 e. The SMILES string of the molecule is CNc1ccc(S(=O)(=O)NCCc2cnn(C)c2)cn1. The van der Waals surface area contributed by atoms with Gasteiger partial charge in [0.2, 0.25) is 10.0 Å². The van der Waals surface area contributed by atoms with Crippen molar-refractivity contribution in [3.63, 3.8) is 0 Å². The second-order valence-corrected chi connectivity index (χ2v) is 6.07. The molecule has 8 heteroatoms. The van der Waals surface area contributed by atoms with Crippen LogP contribution in [0.3, 0.4) is 0 Å². The smallest absolute Gasteiger partial charge is 0.242 e. The van der Waals surface area contributed by atoms with Crippen molar-refractivity contribution >= 4 is 15.8 Å². The number of anilines is 1. The Morgan fingerprint density at radius 1 is 1.30 bits per heavy atom. The van der Waals surface area contributed by atoms with E-state index in [2.05, 4.69) is 20.1 Å². The Bertz CT molecular complexity index is 663. The second-order valence-electron chi connectivity index (χ2n) is 4.30. The van der Waals surface area contributed by atoms with Crippen LogP contribution in [0.15, 0.2) is 35.6 Å². The molecule has 0 aromatic carbocycles. The van der Waals surface area contributed by atoms with E-state index >= 15 is 0 Å². The van der Waals surface area contributed by atoms with Crippen LogP contribution in [0.4, 0.5) is 5.82 Å². The lowest BCUT2D eigenvalue weighted by Crippen LogP contribution is -2.26. The summed E-state index contributed by atoms with van der Waals surface area (Å²) in [5.74, 6) is 0.624. The number of hydrogen-bond acceptors (Lipinski definition) is 5. The predicted molar refractivity (Wildman–Crippen MR) is 75.9 cm³/mol. The number of hydrogen-bond donors (Lipinski definition) is 2. The highest BCUT2D eigenvalue weighted by Crippen LogP contribution is 2.10. The summed E-state index contributed by atoms with van der Waals surface area (Å²) in [5.41, 5.74) is 0.985. The van der Waals surface area contributed by atoms with Crippen LogP contribution in [0, 0.1) is 0 Å². The van der Waals surface area contributed by atoms with E-state index in [-0.39, 0.29) is 4.90 Å². The van der Waals surface area contributed by atoms with E-state index in [9.17, 15) is 8.42 Å². The molecule has 0 aliphatic carbocycles. The van der Waals surface area contributed by atoms with Gasteiger partial charge in [0.05, 0.1) is 6.20 Å². The predicted octanol–water partition coefficient (Wildman–Crippen LogP) is 0.378. The summed E-state index contributed by atoms with van der Waals surface area (Å²) in [6.45, 7) is 0.321. The van der Waals surface area contributed by atoms with Gasteiger partial charge in [-0.05, 0) is 24.1 Å². The van der Waals surface area contributed by atoms with Gasteiger partial charge in [0.15, 0.2) is 0 Å². The van der Waals surface area contributed by atoms with Crippen molar-refractivity contribution in [2.45, 2.75) is 11.3 Å². The van der Waals surface area contributed by atoms with Crippen molar-refractivity contribution in [3.8, 4) is 0 Å². The molecule has 0 fully saturated rings. The van der Waals surface area contributed by atoms with Gasteiger partial charge in [0.25, 0.3) is 0 Å². The van der Waals surface area contributed by atoms with Crippen molar-refractivity contribution < 1.29 is 8.42 Å². The van der Waals surface area contributed by atoms with Crippen LogP contribution in [0.2, 0.25) is 0 Å². The molecule has 0 aliphatic heterocycles. The number of pyridine rings is 1.